The van der Waals surface area contributed by atoms with Gasteiger partial charge in [0.15, 0.2) is 12.4 Å². The Hall–Kier alpha value is -2.40. The second-order valence-corrected chi connectivity index (χ2v) is 4.50. The predicted octanol–water partition coefficient (Wildman–Crippen LogP) is 2.78. The SMILES string of the molecule is COc1ccc(C(=O)COC(=O)c2cccnc2)cc1Cl. The molecule has 0 amide bonds. The molecule has 0 N–H and O–H groups in total. The van der Waals surface area contributed by atoms with Gasteiger partial charge < -0.3 is 9.47 Å². The number of benzene rings is 1. The number of pyridine rings is 1. The lowest BCUT2D eigenvalue weighted by atomic mass is 10.1. The minimum Gasteiger partial charge on any atom is -0.495 e. The largest absolute Gasteiger partial charge is 0.495 e. The van der Waals surface area contributed by atoms with Crippen LogP contribution < -0.4 is 4.74 Å². The number of rotatable bonds is 5. The molecule has 0 atom stereocenters. The lowest BCUT2D eigenvalue weighted by Crippen LogP contribution is -2.14. The summed E-state index contributed by atoms with van der Waals surface area (Å²) in [6, 6.07) is 7.79. The van der Waals surface area contributed by atoms with Crippen molar-refractivity contribution < 1.29 is 19.1 Å². The summed E-state index contributed by atoms with van der Waals surface area (Å²) >= 11 is 5.94. The van der Waals surface area contributed by atoms with Crippen LogP contribution >= 0.6 is 11.6 Å². The molecule has 6 heteroatoms. The molecule has 0 aliphatic heterocycles. The number of esters is 1. The molecule has 2 aromatic rings. The molecule has 1 aromatic carbocycles. The van der Waals surface area contributed by atoms with Crippen molar-refractivity contribution in [3.05, 3.63) is 58.9 Å². The molecule has 0 aliphatic rings. The van der Waals surface area contributed by atoms with Crippen LogP contribution in [0, 0.1) is 0 Å². The van der Waals surface area contributed by atoms with Crippen molar-refractivity contribution in [1.29, 1.82) is 0 Å². The maximum Gasteiger partial charge on any atom is 0.340 e. The van der Waals surface area contributed by atoms with E-state index in [0.29, 0.717) is 16.3 Å². The van der Waals surface area contributed by atoms with Crippen LogP contribution in [0.15, 0.2) is 42.7 Å². The summed E-state index contributed by atoms with van der Waals surface area (Å²) in [6.07, 6.45) is 2.92. The molecular formula is C15H12ClNO4. The first kappa shape index (κ1) is 15.0. The van der Waals surface area contributed by atoms with Gasteiger partial charge in [-0.3, -0.25) is 9.78 Å². The Morgan fingerprint density at radius 2 is 2.05 bits per heavy atom. The minimum absolute atomic E-state index is 0.290. The minimum atomic E-state index is -0.601. The molecule has 0 saturated heterocycles. The Morgan fingerprint density at radius 1 is 1.24 bits per heavy atom. The third kappa shape index (κ3) is 3.79. The third-order valence-electron chi connectivity index (χ3n) is 2.71. The van der Waals surface area contributed by atoms with Crippen LogP contribution in [-0.2, 0) is 4.74 Å². The first-order chi connectivity index (χ1) is 10.1. The van der Waals surface area contributed by atoms with Crippen molar-refractivity contribution in [2.24, 2.45) is 0 Å². The van der Waals surface area contributed by atoms with Crippen molar-refractivity contribution in [2.45, 2.75) is 0 Å². The van der Waals surface area contributed by atoms with Crippen molar-refractivity contribution in [2.75, 3.05) is 13.7 Å². The van der Waals surface area contributed by atoms with Crippen molar-refractivity contribution in [3.8, 4) is 5.75 Å². The number of methoxy groups -OCH3 is 1. The monoisotopic (exact) mass is 305 g/mol. The molecule has 21 heavy (non-hydrogen) atoms. The fraction of sp³-hybridized carbons (Fsp3) is 0.133. The molecule has 0 unspecified atom stereocenters. The summed E-state index contributed by atoms with van der Waals surface area (Å²) < 4.78 is 9.94. The lowest BCUT2D eigenvalue weighted by molar-refractivity contribution is 0.0474. The van der Waals surface area contributed by atoms with Gasteiger partial charge in [0.1, 0.15) is 5.75 Å². The highest BCUT2D eigenvalue weighted by Gasteiger charge is 2.13. The molecule has 5 nitrogen and oxygen atoms in total. The summed E-state index contributed by atoms with van der Waals surface area (Å²) in [4.78, 5) is 27.4. The molecule has 2 rings (SSSR count). The zero-order chi connectivity index (χ0) is 15.2. The van der Waals surface area contributed by atoms with Crippen LogP contribution in [0.1, 0.15) is 20.7 Å². The summed E-state index contributed by atoms with van der Waals surface area (Å²) in [6.45, 7) is -0.365. The van der Waals surface area contributed by atoms with E-state index in [1.807, 2.05) is 0 Å². The van der Waals surface area contributed by atoms with E-state index in [9.17, 15) is 9.59 Å². The Balaban J connectivity index is 1.99. The number of halogens is 1. The van der Waals surface area contributed by atoms with Gasteiger partial charge in [0, 0.05) is 18.0 Å². The van der Waals surface area contributed by atoms with E-state index < -0.39 is 5.97 Å². The van der Waals surface area contributed by atoms with Crippen LogP contribution in [0.3, 0.4) is 0 Å². The zero-order valence-electron chi connectivity index (χ0n) is 11.2. The van der Waals surface area contributed by atoms with Crippen molar-refractivity contribution >= 4 is 23.4 Å². The van der Waals surface area contributed by atoms with Crippen LogP contribution in [0.5, 0.6) is 5.75 Å². The molecule has 0 bridgehead atoms. The topological polar surface area (TPSA) is 65.5 Å². The summed E-state index contributed by atoms with van der Waals surface area (Å²) in [5.74, 6) is -0.478. The van der Waals surface area contributed by atoms with E-state index in [1.54, 1.807) is 30.5 Å². The molecular weight excluding hydrogens is 294 g/mol. The van der Waals surface area contributed by atoms with Crippen LogP contribution in [0.25, 0.3) is 0 Å². The summed E-state index contributed by atoms with van der Waals surface area (Å²) in [5, 5.41) is 0.321. The van der Waals surface area contributed by atoms with E-state index in [0.717, 1.165) is 0 Å². The van der Waals surface area contributed by atoms with E-state index in [2.05, 4.69) is 4.98 Å². The van der Waals surface area contributed by atoms with E-state index in [-0.39, 0.29) is 18.0 Å². The quantitative estimate of drug-likeness (QED) is 0.628. The molecule has 1 heterocycles. The van der Waals surface area contributed by atoms with Crippen LogP contribution in [0.2, 0.25) is 5.02 Å². The van der Waals surface area contributed by atoms with E-state index >= 15 is 0 Å². The molecule has 0 aliphatic carbocycles. The maximum atomic E-state index is 11.9. The molecule has 108 valence electrons. The van der Waals surface area contributed by atoms with E-state index in [1.165, 1.54) is 19.4 Å². The first-order valence-electron chi connectivity index (χ1n) is 6.05. The highest BCUT2D eigenvalue weighted by molar-refractivity contribution is 6.32. The Bertz CT molecular complexity index is 658. The molecule has 1 aromatic heterocycles. The van der Waals surface area contributed by atoms with E-state index in [4.69, 9.17) is 21.1 Å². The average molecular weight is 306 g/mol. The standard InChI is InChI=1S/C15H12ClNO4/c1-20-14-5-4-10(7-12(14)16)13(18)9-21-15(19)11-3-2-6-17-8-11/h2-8H,9H2,1H3. The zero-order valence-corrected chi connectivity index (χ0v) is 12.0. The fourth-order valence-electron chi connectivity index (χ4n) is 1.62. The normalized spacial score (nSPS) is 10.0. The number of carbonyl (C=O) groups excluding carboxylic acids is 2. The van der Waals surface area contributed by atoms with Gasteiger partial charge in [-0.15, -0.1) is 0 Å². The highest BCUT2D eigenvalue weighted by Crippen LogP contribution is 2.25. The van der Waals surface area contributed by atoms with Gasteiger partial charge in [-0.1, -0.05) is 11.6 Å². The second kappa shape index (κ2) is 6.85. The van der Waals surface area contributed by atoms with Crippen LogP contribution in [0.4, 0.5) is 0 Å². The number of ether oxygens (including phenoxy) is 2. The summed E-state index contributed by atoms with van der Waals surface area (Å²) in [5.41, 5.74) is 0.637. The van der Waals surface area contributed by atoms with Crippen molar-refractivity contribution in [3.63, 3.8) is 0 Å². The number of carbonyl (C=O) groups is 2. The number of hydrogen-bond acceptors (Lipinski definition) is 5. The fourth-order valence-corrected chi connectivity index (χ4v) is 1.88. The van der Waals surface area contributed by atoms with Gasteiger partial charge in [0.05, 0.1) is 17.7 Å². The van der Waals surface area contributed by atoms with Gasteiger partial charge in [-0.2, -0.15) is 0 Å². The van der Waals surface area contributed by atoms with Gasteiger partial charge in [0.2, 0.25) is 0 Å². The second-order valence-electron chi connectivity index (χ2n) is 4.09. The Kier molecular flexibility index (Phi) is 4.90. The predicted molar refractivity (Wildman–Crippen MR) is 76.9 cm³/mol. The van der Waals surface area contributed by atoms with Gasteiger partial charge in [-0.05, 0) is 30.3 Å². The van der Waals surface area contributed by atoms with Gasteiger partial charge >= 0.3 is 5.97 Å². The molecule has 0 spiro atoms. The number of Topliss-reactive ketones (excluding diaryl/α,β-unsaturated/α-hetero) is 1. The molecule has 0 saturated carbocycles. The van der Waals surface area contributed by atoms with Gasteiger partial charge in [-0.25, -0.2) is 4.79 Å². The number of hydrogen-bond donors (Lipinski definition) is 0. The molecule has 0 radical (unpaired) electrons. The summed E-state index contributed by atoms with van der Waals surface area (Å²) in [7, 11) is 1.48. The first-order valence-corrected chi connectivity index (χ1v) is 6.43. The third-order valence-corrected chi connectivity index (χ3v) is 3.00. The highest BCUT2D eigenvalue weighted by atomic mass is 35.5. The number of aromatic nitrogens is 1. The lowest BCUT2D eigenvalue weighted by Gasteiger charge is -2.06. The Morgan fingerprint density at radius 3 is 2.67 bits per heavy atom. The van der Waals surface area contributed by atoms with Crippen molar-refractivity contribution in [1.82, 2.24) is 4.98 Å². The van der Waals surface area contributed by atoms with Gasteiger partial charge in [0.25, 0.3) is 0 Å². The smallest absolute Gasteiger partial charge is 0.340 e. The number of ketones is 1. The molecule has 0 fully saturated rings. The number of nitrogens with zero attached hydrogens (tertiary/aromatic N) is 1. The Labute approximate surface area is 126 Å². The average Bonchev–Trinajstić information content (AvgIpc) is 2.53. The van der Waals surface area contributed by atoms with Crippen LogP contribution in [-0.4, -0.2) is 30.5 Å². The maximum absolute atomic E-state index is 11.9.